The number of aliphatic hydroxyl groups excluding tert-OH is 1. The summed E-state index contributed by atoms with van der Waals surface area (Å²) in [4.78, 5) is 42.5. The number of nitrogens with zero attached hydrogens (tertiary/aromatic N) is 6. The maximum Gasteiger partial charge on any atom is 0.242 e. The normalized spacial score (nSPS) is 21.7. The molecule has 0 bridgehead atoms. The number of para-hydroxylation sites is 1. The van der Waals surface area contributed by atoms with Crippen LogP contribution in [0.25, 0.3) is 11.1 Å². The second kappa shape index (κ2) is 10.8. The topological polar surface area (TPSA) is 93.1 Å². The van der Waals surface area contributed by atoms with E-state index in [4.69, 9.17) is 0 Å². The Bertz CT molecular complexity index is 1070. The van der Waals surface area contributed by atoms with Crippen LogP contribution in [-0.2, 0) is 9.59 Å². The van der Waals surface area contributed by atoms with Gasteiger partial charge < -0.3 is 24.7 Å². The van der Waals surface area contributed by atoms with Crippen LogP contribution in [-0.4, -0.2) is 94.6 Å². The maximum absolute atomic E-state index is 13.0. The lowest BCUT2D eigenvalue weighted by molar-refractivity contribution is -0.143. The molecule has 1 atom stereocenters. The van der Waals surface area contributed by atoms with E-state index >= 15 is 0 Å². The van der Waals surface area contributed by atoms with Gasteiger partial charge in [-0.1, -0.05) is 18.2 Å². The molecule has 3 aliphatic rings. The fourth-order valence-electron chi connectivity index (χ4n) is 5.51. The highest BCUT2D eigenvalue weighted by molar-refractivity contribution is 5.86. The van der Waals surface area contributed by atoms with Crippen LogP contribution in [0, 0.1) is 0 Å². The summed E-state index contributed by atoms with van der Waals surface area (Å²) in [5.41, 5.74) is 3.14. The predicted molar refractivity (Wildman–Crippen MR) is 139 cm³/mol. The van der Waals surface area contributed by atoms with Gasteiger partial charge in [-0.05, 0) is 38.7 Å². The van der Waals surface area contributed by atoms with Crippen molar-refractivity contribution in [2.24, 2.45) is 0 Å². The molecule has 192 valence electrons. The van der Waals surface area contributed by atoms with E-state index in [-0.39, 0.29) is 30.5 Å². The third kappa shape index (κ3) is 5.31. The molecular formula is C27H36N6O3. The molecule has 9 nitrogen and oxygen atoms in total. The maximum atomic E-state index is 13.0. The van der Waals surface area contributed by atoms with E-state index in [2.05, 4.69) is 38.8 Å². The summed E-state index contributed by atoms with van der Waals surface area (Å²) in [7, 11) is 0. The van der Waals surface area contributed by atoms with Crippen molar-refractivity contribution in [1.82, 2.24) is 19.8 Å². The molecule has 1 N–H and O–H groups in total. The number of anilines is 2. The number of carbonyl (C=O) groups excluding carboxylic acids is 2. The summed E-state index contributed by atoms with van der Waals surface area (Å²) in [5, 5.41) is 9.76. The Hall–Kier alpha value is -3.20. The standard InChI is InChI=1S/C27H36N6O3/c1-20-18-31(14-15-33(20)26(36)19-32-11-5-4-8-25(32)35)24-7-3-2-6-23(24)21-16-28-27(29-17-21)30-12-9-22(34)10-13-30/h2-3,6-7,16-17,20,22,34H,4-5,8-15,18-19H2,1H3. The number of aliphatic hydroxyl groups is 1. The van der Waals surface area contributed by atoms with E-state index < -0.39 is 0 Å². The average Bonchev–Trinajstić information content (AvgIpc) is 2.90. The minimum absolute atomic E-state index is 0.0416. The number of benzene rings is 1. The van der Waals surface area contributed by atoms with Gasteiger partial charge in [0.25, 0.3) is 0 Å². The van der Waals surface area contributed by atoms with Gasteiger partial charge >= 0.3 is 0 Å². The number of piperazine rings is 1. The van der Waals surface area contributed by atoms with Crippen molar-refractivity contribution in [1.29, 1.82) is 0 Å². The van der Waals surface area contributed by atoms with Crippen LogP contribution in [0.15, 0.2) is 36.7 Å². The lowest BCUT2D eigenvalue weighted by Gasteiger charge is -2.42. The fourth-order valence-corrected chi connectivity index (χ4v) is 5.51. The molecule has 2 amide bonds. The van der Waals surface area contributed by atoms with E-state index in [1.165, 1.54) is 0 Å². The molecule has 0 spiro atoms. The minimum atomic E-state index is -0.224. The lowest BCUT2D eigenvalue weighted by atomic mass is 10.0. The molecule has 36 heavy (non-hydrogen) atoms. The molecule has 0 radical (unpaired) electrons. The van der Waals surface area contributed by atoms with Crippen molar-refractivity contribution in [2.75, 3.05) is 55.6 Å². The molecule has 0 aliphatic carbocycles. The van der Waals surface area contributed by atoms with Crippen LogP contribution >= 0.6 is 0 Å². The number of carbonyl (C=O) groups is 2. The highest BCUT2D eigenvalue weighted by atomic mass is 16.3. The van der Waals surface area contributed by atoms with Gasteiger partial charge in [-0.25, -0.2) is 9.97 Å². The molecule has 1 unspecified atom stereocenters. The molecule has 0 saturated carbocycles. The first kappa shape index (κ1) is 24.5. The van der Waals surface area contributed by atoms with Gasteiger partial charge in [-0.2, -0.15) is 0 Å². The van der Waals surface area contributed by atoms with Crippen molar-refractivity contribution in [3.05, 3.63) is 36.7 Å². The molecule has 3 saturated heterocycles. The summed E-state index contributed by atoms with van der Waals surface area (Å²) in [6, 6.07) is 8.32. The van der Waals surface area contributed by atoms with Crippen LogP contribution in [0.4, 0.5) is 11.6 Å². The average molecular weight is 493 g/mol. The summed E-state index contributed by atoms with van der Waals surface area (Å²) < 4.78 is 0. The van der Waals surface area contributed by atoms with E-state index in [1.807, 2.05) is 29.4 Å². The number of amides is 2. The van der Waals surface area contributed by atoms with Crippen LogP contribution < -0.4 is 9.80 Å². The van der Waals surface area contributed by atoms with Gasteiger partial charge in [0.1, 0.15) is 0 Å². The minimum Gasteiger partial charge on any atom is -0.393 e. The number of rotatable bonds is 5. The third-order valence-electron chi connectivity index (χ3n) is 7.64. The van der Waals surface area contributed by atoms with E-state index in [0.717, 1.165) is 68.7 Å². The Kier molecular flexibility index (Phi) is 7.36. The highest BCUT2D eigenvalue weighted by Crippen LogP contribution is 2.32. The number of piperidine rings is 2. The third-order valence-corrected chi connectivity index (χ3v) is 7.64. The fraction of sp³-hybridized carbons (Fsp3) is 0.556. The van der Waals surface area contributed by atoms with E-state index in [1.54, 1.807) is 4.90 Å². The predicted octanol–water partition coefficient (Wildman–Crippen LogP) is 2.15. The zero-order valence-corrected chi connectivity index (χ0v) is 21.1. The Morgan fingerprint density at radius 3 is 2.47 bits per heavy atom. The first-order valence-electron chi connectivity index (χ1n) is 13.2. The van der Waals surface area contributed by atoms with Gasteiger partial charge in [-0.3, -0.25) is 9.59 Å². The Labute approximate surface area is 212 Å². The van der Waals surface area contributed by atoms with Gasteiger partial charge in [-0.15, -0.1) is 0 Å². The summed E-state index contributed by atoms with van der Waals surface area (Å²) in [6.07, 6.45) is 7.48. The molecule has 9 heteroatoms. The molecule has 3 fully saturated rings. The number of hydrogen-bond donors (Lipinski definition) is 1. The first-order chi connectivity index (χ1) is 17.5. The van der Waals surface area contributed by atoms with Gasteiger partial charge in [0.15, 0.2) is 0 Å². The zero-order valence-electron chi connectivity index (χ0n) is 21.1. The van der Waals surface area contributed by atoms with Gasteiger partial charge in [0.2, 0.25) is 17.8 Å². The number of aromatic nitrogens is 2. The van der Waals surface area contributed by atoms with Crippen molar-refractivity contribution >= 4 is 23.5 Å². The van der Waals surface area contributed by atoms with Crippen molar-refractivity contribution in [3.63, 3.8) is 0 Å². The number of likely N-dealkylation sites (tertiary alicyclic amines) is 1. The van der Waals surface area contributed by atoms with Crippen molar-refractivity contribution in [3.8, 4) is 11.1 Å². The largest absolute Gasteiger partial charge is 0.393 e. The quantitative estimate of drug-likeness (QED) is 0.684. The highest BCUT2D eigenvalue weighted by Gasteiger charge is 2.31. The van der Waals surface area contributed by atoms with Crippen LogP contribution in [0.1, 0.15) is 39.0 Å². The van der Waals surface area contributed by atoms with Gasteiger partial charge in [0.05, 0.1) is 12.6 Å². The lowest BCUT2D eigenvalue weighted by Crippen LogP contribution is -2.56. The first-order valence-corrected chi connectivity index (χ1v) is 13.2. The zero-order chi connectivity index (χ0) is 25.1. The second-order valence-corrected chi connectivity index (χ2v) is 10.2. The Morgan fingerprint density at radius 2 is 1.75 bits per heavy atom. The molecule has 1 aromatic carbocycles. The van der Waals surface area contributed by atoms with Crippen LogP contribution in [0.2, 0.25) is 0 Å². The molecule has 4 heterocycles. The Balaban J connectivity index is 1.25. The SMILES string of the molecule is CC1CN(c2ccccc2-c2cnc(N3CCC(O)CC3)nc2)CCN1C(=O)CN1CCCCC1=O. The summed E-state index contributed by atoms with van der Waals surface area (Å²) >= 11 is 0. The van der Waals surface area contributed by atoms with Crippen LogP contribution in [0.5, 0.6) is 0 Å². The van der Waals surface area contributed by atoms with Crippen molar-refractivity contribution in [2.45, 2.75) is 51.2 Å². The molecule has 3 aliphatic heterocycles. The Morgan fingerprint density at radius 1 is 1.00 bits per heavy atom. The second-order valence-electron chi connectivity index (χ2n) is 10.2. The summed E-state index contributed by atoms with van der Waals surface area (Å²) in [5.74, 6) is 0.844. The molecule has 2 aromatic rings. The van der Waals surface area contributed by atoms with Crippen molar-refractivity contribution < 1.29 is 14.7 Å². The van der Waals surface area contributed by atoms with Crippen LogP contribution in [0.3, 0.4) is 0 Å². The molecular weight excluding hydrogens is 456 g/mol. The van der Waals surface area contributed by atoms with Gasteiger partial charge in [0, 0.05) is 80.9 Å². The van der Waals surface area contributed by atoms with E-state index in [9.17, 15) is 14.7 Å². The number of hydrogen-bond acceptors (Lipinski definition) is 7. The monoisotopic (exact) mass is 492 g/mol. The molecule has 1 aromatic heterocycles. The summed E-state index contributed by atoms with van der Waals surface area (Å²) in [6.45, 7) is 6.59. The smallest absolute Gasteiger partial charge is 0.242 e. The van der Waals surface area contributed by atoms with E-state index in [0.29, 0.717) is 25.5 Å². The molecule has 5 rings (SSSR count).